The lowest BCUT2D eigenvalue weighted by Gasteiger charge is -2.31. The third kappa shape index (κ3) is 3.80. The fourth-order valence-corrected chi connectivity index (χ4v) is 3.50. The van der Waals surface area contributed by atoms with E-state index >= 15 is 0 Å². The second kappa shape index (κ2) is 6.37. The van der Waals surface area contributed by atoms with Crippen LogP contribution < -0.4 is 4.72 Å². The number of piperidine rings is 1. The highest BCUT2D eigenvalue weighted by Crippen LogP contribution is 2.17. The molecule has 0 aromatic heterocycles. The van der Waals surface area contributed by atoms with Crippen LogP contribution in [0.1, 0.15) is 19.8 Å². The Morgan fingerprint density at radius 3 is 2.40 bits per heavy atom. The van der Waals surface area contributed by atoms with Crippen LogP contribution in [0.25, 0.3) is 0 Å². The monoisotopic (exact) mass is 296 g/mol. The lowest BCUT2D eigenvalue weighted by Crippen LogP contribution is -2.40. The SMILES string of the molecule is CC(=O)N1CCC(CNS(=O)(=O)c2ccccc2)CC1. The molecule has 1 aromatic rings. The van der Waals surface area contributed by atoms with Crippen molar-refractivity contribution < 1.29 is 13.2 Å². The van der Waals surface area contributed by atoms with E-state index in [9.17, 15) is 13.2 Å². The number of carbonyl (C=O) groups is 1. The van der Waals surface area contributed by atoms with Crippen molar-refractivity contribution in [1.82, 2.24) is 9.62 Å². The summed E-state index contributed by atoms with van der Waals surface area (Å²) in [6, 6.07) is 8.37. The number of likely N-dealkylation sites (tertiary alicyclic amines) is 1. The molecule has 0 saturated carbocycles. The maximum atomic E-state index is 12.1. The van der Waals surface area contributed by atoms with Crippen LogP contribution in [-0.4, -0.2) is 38.9 Å². The molecule has 1 aliphatic rings. The molecule has 0 radical (unpaired) electrons. The Bertz CT molecular complexity index is 549. The molecule has 1 aliphatic heterocycles. The molecule has 1 aromatic carbocycles. The Hall–Kier alpha value is -1.40. The van der Waals surface area contributed by atoms with Gasteiger partial charge < -0.3 is 4.90 Å². The van der Waals surface area contributed by atoms with Crippen LogP contribution in [0.2, 0.25) is 0 Å². The van der Waals surface area contributed by atoms with Crippen molar-refractivity contribution in [3.8, 4) is 0 Å². The van der Waals surface area contributed by atoms with E-state index in [2.05, 4.69) is 4.72 Å². The number of hydrogen-bond acceptors (Lipinski definition) is 3. The van der Waals surface area contributed by atoms with Crippen LogP contribution >= 0.6 is 0 Å². The lowest BCUT2D eigenvalue weighted by molar-refractivity contribution is -0.130. The maximum absolute atomic E-state index is 12.1. The quantitative estimate of drug-likeness (QED) is 0.908. The first-order chi connectivity index (χ1) is 9.49. The highest BCUT2D eigenvalue weighted by Gasteiger charge is 2.22. The number of sulfonamides is 1. The standard InChI is InChI=1S/C14H20N2O3S/c1-12(17)16-9-7-13(8-10-16)11-15-20(18,19)14-5-3-2-4-6-14/h2-6,13,15H,7-11H2,1H3. The van der Waals surface area contributed by atoms with E-state index in [1.807, 2.05) is 4.90 Å². The zero-order valence-electron chi connectivity index (χ0n) is 11.6. The second-order valence-electron chi connectivity index (χ2n) is 5.11. The van der Waals surface area contributed by atoms with Gasteiger partial charge in [0.15, 0.2) is 0 Å². The van der Waals surface area contributed by atoms with Gasteiger partial charge in [-0.1, -0.05) is 18.2 Å². The summed E-state index contributed by atoms with van der Waals surface area (Å²) in [4.78, 5) is 13.3. The Labute approximate surface area is 120 Å². The second-order valence-corrected chi connectivity index (χ2v) is 6.88. The Balaban J connectivity index is 1.86. The van der Waals surface area contributed by atoms with Crippen LogP contribution in [0.4, 0.5) is 0 Å². The average Bonchev–Trinajstić information content (AvgIpc) is 2.46. The van der Waals surface area contributed by atoms with Gasteiger partial charge in [-0.25, -0.2) is 13.1 Å². The molecule has 5 nitrogen and oxygen atoms in total. The summed E-state index contributed by atoms with van der Waals surface area (Å²) in [7, 11) is -3.42. The minimum absolute atomic E-state index is 0.0910. The highest BCUT2D eigenvalue weighted by molar-refractivity contribution is 7.89. The summed E-state index contributed by atoms with van der Waals surface area (Å²) < 4.78 is 26.8. The fourth-order valence-electron chi connectivity index (χ4n) is 2.36. The molecule has 0 unspecified atom stereocenters. The normalized spacial score (nSPS) is 17.1. The van der Waals surface area contributed by atoms with Crippen LogP contribution in [0.5, 0.6) is 0 Å². The zero-order valence-corrected chi connectivity index (χ0v) is 12.4. The van der Waals surface area contributed by atoms with Crippen molar-refractivity contribution >= 4 is 15.9 Å². The molecule has 0 aliphatic carbocycles. The van der Waals surface area contributed by atoms with Gasteiger partial charge in [-0.2, -0.15) is 0 Å². The highest BCUT2D eigenvalue weighted by atomic mass is 32.2. The molecule has 1 N–H and O–H groups in total. The molecule has 1 fully saturated rings. The number of nitrogens with zero attached hydrogens (tertiary/aromatic N) is 1. The van der Waals surface area contributed by atoms with Gasteiger partial charge in [-0.05, 0) is 30.9 Å². The molecule has 1 amide bonds. The van der Waals surface area contributed by atoms with Gasteiger partial charge in [-0.3, -0.25) is 4.79 Å². The van der Waals surface area contributed by atoms with E-state index < -0.39 is 10.0 Å². The van der Waals surface area contributed by atoms with E-state index in [4.69, 9.17) is 0 Å². The Kier molecular flexibility index (Phi) is 4.77. The molecule has 1 heterocycles. The summed E-state index contributed by atoms with van der Waals surface area (Å²) in [5.41, 5.74) is 0. The molecule has 2 rings (SSSR count). The van der Waals surface area contributed by atoms with Crippen molar-refractivity contribution in [2.45, 2.75) is 24.7 Å². The average molecular weight is 296 g/mol. The predicted octanol–water partition coefficient (Wildman–Crippen LogP) is 1.22. The van der Waals surface area contributed by atoms with E-state index in [-0.39, 0.29) is 5.91 Å². The minimum atomic E-state index is -3.42. The first-order valence-corrected chi connectivity index (χ1v) is 8.27. The van der Waals surface area contributed by atoms with Crippen LogP contribution in [-0.2, 0) is 14.8 Å². The summed E-state index contributed by atoms with van der Waals surface area (Å²) >= 11 is 0. The Morgan fingerprint density at radius 2 is 1.85 bits per heavy atom. The van der Waals surface area contributed by atoms with E-state index in [0.29, 0.717) is 30.4 Å². The molecule has 0 atom stereocenters. The first kappa shape index (κ1) is 15.0. The zero-order chi connectivity index (χ0) is 14.6. The van der Waals surface area contributed by atoms with Crippen LogP contribution in [0, 0.1) is 5.92 Å². The van der Waals surface area contributed by atoms with Crippen molar-refractivity contribution in [2.75, 3.05) is 19.6 Å². The van der Waals surface area contributed by atoms with E-state index in [1.54, 1.807) is 37.3 Å². The number of benzene rings is 1. The first-order valence-electron chi connectivity index (χ1n) is 6.79. The van der Waals surface area contributed by atoms with Gasteiger partial charge in [0.1, 0.15) is 0 Å². The maximum Gasteiger partial charge on any atom is 0.240 e. The van der Waals surface area contributed by atoms with Crippen molar-refractivity contribution in [1.29, 1.82) is 0 Å². The van der Waals surface area contributed by atoms with E-state index in [1.165, 1.54) is 0 Å². The van der Waals surface area contributed by atoms with Crippen molar-refractivity contribution in [3.05, 3.63) is 30.3 Å². The van der Waals surface area contributed by atoms with Gasteiger partial charge in [0, 0.05) is 26.6 Å². The smallest absolute Gasteiger partial charge is 0.240 e. The number of nitrogens with one attached hydrogen (secondary N) is 1. The summed E-state index contributed by atoms with van der Waals surface area (Å²) in [5.74, 6) is 0.386. The molecule has 20 heavy (non-hydrogen) atoms. The van der Waals surface area contributed by atoms with Crippen molar-refractivity contribution in [3.63, 3.8) is 0 Å². The van der Waals surface area contributed by atoms with Crippen molar-refractivity contribution in [2.24, 2.45) is 5.92 Å². The third-order valence-corrected chi connectivity index (χ3v) is 5.11. The molecule has 0 spiro atoms. The summed E-state index contributed by atoms with van der Waals surface area (Å²) in [6.45, 7) is 3.43. The predicted molar refractivity (Wildman–Crippen MR) is 76.6 cm³/mol. The van der Waals surface area contributed by atoms with E-state index in [0.717, 1.165) is 12.8 Å². The summed E-state index contributed by atoms with van der Waals surface area (Å²) in [6.07, 6.45) is 1.69. The van der Waals surface area contributed by atoms with Crippen LogP contribution in [0.15, 0.2) is 35.2 Å². The molecule has 0 bridgehead atoms. The fraction of sp³-hybridized carbons (Fsp3) is 0.500. The van der Waals surface area contributed by atoms with Gasteiger partial charge in [0.05, 0.1) is 4.90 Å². The van der Waals surface area contributed by atoms with Gasteiger partial charge in [-0.15, -0.1) is 0 Å². The number of hydrogen-bond donors (Lipinski definition) is 1. The van der Waals surface area contributed by atoms with Gasteiger partial charge in [0.2, 0.25) is 15.9 Å². The largest absolute Gasteiger partial charge is 0.343 e. The molecular weight excluding hydrogens is 276 g/mol. The minimum Gasteiger partial charge on any atom is -0.343 e. The van der Waals surface area contributed by atoms with Crippen LogP contribution in [0.3, 0.4) is 0 Å². The van der Waals surface area contributed by atoms with Gasteiger partial charge in [0.25, 0.3) is 0 Å². The molecule has 110 valence electrons. The number of carbonyl (C=O) groups excluding carboxylic acids is 1. The lowest BCUT2D eigenvalue weighted by atomic mass is 9.97. The van der Waals surface area contributed by atoms with Gasteiger partial charge >= 0.3 is 0 Å². The topological polar surface area (TPSA) is 66.5 Å². The molecule has 6 heteroatoms. The number of rotatable bonds is 4. The molecular formula is C14H20N2O3S. The Morgan fingerprint density at radius 1 is 1.25 bits per heavy atom. The molecule has 1 saturated heterocycles. The number of amides is 1. The third-order valence-electron chi connectivity index (χ3n) is 3.68. The summed E-state index contributed by atoms with van der Waals surface area (Å²) in [5, 5.41) is 0.